The Morgan fingerprint density at radius 1 is 1.24 bits per heavy atom. The van der Waals surface area contributed by atoms with E-state index in [9.17, 15) is 5.11 Å². The minimum Gasteiger partial charge on any atom is -0.491 e. The molecule has 0 radical (unpaired) electrons. The van der Waals surface area contributed by atoms with Gasteiger partial charge in [0.15, 0.2) is 0 Å². The van der Waals surface area contributed by atoms with Gasteiger partial charge >= 0.3 is 0 Å². The van der Waals surface area contributed by atoms with Crippen molar-refractivity contribution in [3.05, 3.63) is 29.3 Å². The smallest absolute Gasteiger partial charge is 0.119 e. The fraction of sp³-hybridized carbons (Fsp3) is 0.647. The molecule has 118 valence electrons. The minimum atomic E-state index is -0.514. The molecule has 1 aliphatic carbocycles. The third kappa shape index (κ3) is 4.70. The summed E-state index contributed by atoms with van der Waals surface area (Å²) in [6.45, 7) is 5.71. The van der Waals surface area contributed by atoms with Crippen molar-refractivity contribution in [2.45, 2.75) is 44.8 Å². The normalized spacial score (nSPS) is 18.1. The molecule has 2 N–H and O–H groups in total. The summed E-state index contributed by atoms with van der Waals surface area (Å²) >= 11 is 0. The molecule has 4 heteroatoms. The number of aliphatic hydroxyl groups is 1. The number of methoxy groups -OCH3 is 1. The van der Waals surface area contributed by atoms with Crippen LogP contribution in [0.5, 0.6) is 5.75 Å². The van der Waals surface area contributed by atoms with Crippen molar-refractivity contribution in [1.29, 1.82) is 0 Å². The SMILES string of the molecule is COC1(CNCC(O)COc2cc(C)cc(C)c2)CCC1. The molecule has 0 amide bonds. The summed E-state index contributed by atoms with van der Waals surface area (Å²) in [7, 11) is 1.76. The van der Waals surface area contributed by atoms with Crippen LogP contribution in [0.25, 0.3) is 0 Å². The summed E-state index contributed by atoms with van der Waals surface area (Å²) < 4.78 is 11.2. The topological polar surface area (TPSA) is 50.7 Å². The predicted molar refractivity (Wildman–Crippen MR) is 83.9 cm³/mol. The molecule has 2 rings (SSSR count). The molecule has 1 saturated carbocycles. The second-order valence-corrected chi connectivity index (χ2v) is 6.16. The zero-order chi connectivity index (χ0) is 15.3. The van der Waals surface area contributed by atoms with Gasteiger partial charge in [-0.2, -0.15) is 0 Å². The van der Waals surface area contributed by atoms with Crippen molar-refractivity contribution in [2.75, 3.05) is 26.8 Å². The molecule has 1 aromatic rings. The summed E-state index contributed by atoms with van der Waals surface area (Å²) in [6, 6.07) is 6.08. The fourth-order valence-electron chi connectivity index (χ4n) is 2.76. The highest BCUT2D eigenvalue weighted by atomic mass is 16.5. The Morgan fingerprint density at radius 3 is 2.43 bits per heavy atom. The Balaban J connectivity index is 1.68. The van der Waals surface area contributed by atoms with Crippen LogP contribution in [-0.2, 0) is 4.74 Å². The zero-order valence-corrected chi connectivity index (χ0v) is 13.3. The Kier molecular flexibility index (Phi) is 5.62. The van der Waals surface area contributed by atoms with Gasteiger partial charge in [0.1, 0.15) is 18.5 Å². The van der Waals surface area contributed by atoms with Gasteiger partial charge in [-0.05, 0) is 56.4 Å². The Labute approximate surface area is 127 Å². The van der Waals surface area contributed by atoms with E-state index in [1.54, 1.807) is 7.11 Å². The van der Waals surface area contributed by atoms with Crippen LogP contribution in [-0.4, -0.2) is 43.6 Å². The molecule has 0 aliphatic heterocycles. The highest BCUT2D eigenvalue weighted by Crippen LogP contribution is 2.34. The van der Waals surface area contributed by atoms with Crippen LogP contribution in [0.15, 0.2) is 18.2 Å². The first-order chi connectivity index (χ1) is 10.0. The van der Waals surface area contributed by atoms with Gasteiger partial charge < -0.3 is 19.9 Å². The third-order valence-corrected chi connectivity index (χ3v) is 4.16. The first kappa shape index (κ1) is 16.3. The molecule has 0 aromatic heterocycles. The van der Waals surface area contributed by atoms with Crippen LogP contribution in [0.4, 0.5) is 0 Å². The van der Waals surface area contributed by atoms with Gasteiger partial charge in [0.05, 0.1) is 5.60 Å². The van der Waals surface area contributed by atoms with E-state index < -0.39 is 6.10 Å². The van der Waals surface area contributed by atoms with Crippen LogP contribution in [0.1, 0.15) is 30.4 Å². The van der Waals surface area contributed by atoms with Gasteiger partial charge in [0.25, 0.3) is 0 Å². The average Bonchev–Trinajstić information content (AvgIpc) is 2.38. The van der Waals surface area contributed by atoms with Crippen molar-refractivity contribution < 1.29 is 14.6 Å². The van der Waals surface area contributed by atoms with Gasteiger partial charge in [-0.1, -0.05) is 6.07 Å². The van der Waals surface area contributed by atoms with Crippen molar-refractivity contribution in [1.82, 2.24) is 5.32 Å². The van der Waals surface area contributed by atoms with Crippen LogP contribution >= 0.6 is 0 Å². The van der Waals surface area contributed by atoms with E-state index in [0.29, 0.717) is 13.2 Å². The van der Waals surface area contributed by atoms with Crippen molar-refractivity contribution >= 4 is 0 Å². The molecule has 21 heavy (non-hydrogen) atoms. The van der Waals surface area contributed by atoms with Gasteiger partial charge in [0.2, 0.25) is 0 Å². The lowest BCUT2D eigenvalue weighted by atomic mass is 9.80. The lowest BCUT2D eigenvalue weighted by molar-refractivity contribution is -0.0706. The average molecular weight is 293 g/mol. The quantitative estimate of drug-likeness (QED) is 0.771. The van der Waals surface area contributed by atoms with Crippen molar-refractivity contribution in [3.63, 3.8) is 0 Å². The molecule has 1 atom stereocenters. The second kappa shape index (κ2) is 7.25. The van der Waals surface area contributed by atoms with Crippen molar-refractivity contribution in [2.24, 2.45) is 0 Å². The van der Waals surface area contributed by atoms with Gasteiger partial charge in [-0.25, -0.2) is 0 Å². The molecule has 1 aliphatic rings. The molecule has 0 saturated heterocycles. The molecule has 0 spiro atoms. The van der Waals surface area contributed by atoms with Crippen LogP contribution < -0.4 is 10.1 Å². The Morgan fingerprint density at radius 2 is 1.90 bits per heavy atom. The molecule has 1 unspecified atom stereocenters. The number of aliphatic hydroxyl groups excluding tert-OH is 1. The third-order valence-electron chi connectivity index (χ3n) is 4.16. The van der Waals surface area contributed by atoms with E-state index in [1.165, 1.54) is 17.5 Å². The van der Waals surface area contributed by atoms with E-state index in [1.807, 2.05) is 26.0 Å². The number of rotatable bonds is 8. The maximum atomic E-state index is 9.98. The summed E-state index contributed by atoms with van der Waals surface area (Å²) in [5.74, 6) is 0.818. The molecule has 1 fully saturated rings. The summed E-state index contributed by atoms with van der Waals surface area (Å²) in [4.78, 5) is 0. The number of benzene rings is 1. The highest BCUT2D eigenvalue weighted by Gasteiger charge is 2.36. The first-order valence-electron chi connectivity index (χ1n) is 7.68. The van der Waals surface area contributed by atoms with Gasteiger partial charge in [-0.15, -0.1) is 0 Å². The lowest BCUT2D eigenvalue weighted by Crippen LogP contribution is -2.49. The molecule has 1 aromatic carbocycles. The molecule has 0 bridgehead atoms. The Bertz CT molecular complexity index is 432. The van der Waals surface area contributed by atoms with Crippen molar-refractivity contribution in [3.8, 4) is 5.75 Å². The molecular formula is C17H27NO3. The second-order valence-electron chi connectivity index (χ2n) is 6.16. The van der Waals surface area contributed by atoms with E-state index in [-0.39, 0.29) is 5.60 Å². The molecule has 4 nitrogen and oxygen atoms in total. The van der Waals surface area contributed by atoms with Crippen LogP contribution in [0.3, 0.4) is 0 Å². The zero-order valence-electron chi connectivity index (χ0n) is 13.3. The summed E-state index contributed by atoms with van der Waals surface area (Å²) in [6.07, 6.45) is 2.92. The van der Waals surface area contributed by atoms with Crippen LogP contribution in [0.2, 0.25) is 0 Å². The van der Waals surface area contributed by atoms with Gasteiger partial charge in [0, 0.05) is 20.2 Å². The largest absolute Gasteiger partial charge is 0.491 e. The standard InChI is InChI=1S/C17H27NO3/c1-13-7-14(2)9-16(8-13)21-11-15(19)10-18-12-17(20-3)5-4-6-17/h7-9,15,18-19H,4-6,10-12H2,1-3H3. The lowest BCUT2D eigenvalue weighted by Gasteiger charge is -2.40. The van der Waals surface area contributed by atoms with Gasteiger partial charge in [-0.3, -0.25) is 0 Å². The monoisotopic (exact) mass is 293 g/mol. The summed E-state index contributed by atoms with van der Waals surface area (Å²) in [5, 5.41) is 13.3. The number of hydrogen-bond donors (Lipinski definition) is 2. The number of aryl methyl sites for hydroxylation is 2. The highest BCUT2D eigenvalue weighted by molar-refractivity contribution is 5.32. The predicted octanol–water partition coefficient (Wildman–Crippen LogP) is 2.20. The maximum absolute atomic E-state index is 9.98. The fourth-order valence-corrected chi connectivity index (χ4v) is 2.76. The number of ether oxygens (including phenoxy) is 2. The maximum Gasteiger partial charge on any atom is 0.119 e. The van der Waals surface area contributed by atoms with E-state index in [2.05, 4.69) is 11.4 Å². The summed E-state index contributed by atoms with van der Waals surface area (Å²) in [5.41, 5.74) is 2.34. The Hall–Kier alpha value is -1.10. The first-order valence-corrected chi connectivity index (χ1v) is 7.68. The van der Waals surface area contributed by atoms with E-state index >= 15 is 0 Å². The van der Waals surface area contributed by atoms with E-state index in [0.717, 1.165) is 25.1 Å². The molecule has 0 heterocycles. The minimum absolute atomic E-state index is 0.00572. The molecular weight excluding hydrogens is 266 g/mol. The van der Waals surface area contributed by atoms with E-state index in [4.69, 9.17) is 9.47 Å². The van der Waals surface area contributed by atoms with Crippen LogP contribution in [0, 0.1) is 13.8 Å². The number of nitrogens with one attached hydrogen (secondary N) is 1. The number of hydrogen-bond acceptors (Lipinski definition) is 4.